The smallest absolute Gasteiger partial charge is 0.217 e. The zero-order valence-corrected chi connectivity index (χ0v) is 38.6. The maximum Gasteiger partial charge on any atom is 0.217 e. The highest BCUT2D eigenvalue weighted by Crippen LogP contribution is 2.39. The number of amides is 2. The maximum absolute atomic E-state index is 12.4. The molecule has 6 heterocycles. The fraction of sp³-hybridized carbons (Fsp3) is 0.950. The van der Waals surface area contributed by atoms with E-state index in [0.717, 1.165) is 13.8 Å². The zero-order chi connectivity index (χ0) is 52.5. The Balaban J connectivity index is 1.46. The molecule has 0 aliphatic carbocycles. The summed E-state index contributed by atoms with van der Waals surface area (Å²) < 4.78 is 65.3. The van der Waals surface area contributed by atoms with Crippen molar-refractivity contribution in [3.8, 4) is 0 Å². The second-order valence-electron chi connectivity index (χ2n) is 18.2. The summed E-state index contributed by atoms with van der Waals surface area (Å²) in [6.07, 6.45) is -53.4. The van der Waals surface area contributed by atoms with Crippen LogP contribution in [0.5, 0.6) is 0 Å². The van der Waals surface area contributed by atoms with Crippen molar-refractivity contribution in [1.29, 1.82) is 0 Å². The Kier molecular flexibility index (Phi) is 20.2. The Morgan fingerprint density at radius 1 is 0.366 bits per heavy atom. The number of hydrogen-bond donors (Lipinski definition) is 18. The Morgan fingerprint density at radius 2 is 0.704 bits per heavy atom. The van der Waals surface area contributed by atoms with Crippen LogP contribution < -0.4 is 10.6 Å². The summed E-state index contributed by atoms with van der Waals surface area (Å²) >= 11 is 0. The van der Waals surface area contributed by atoms with Crippen molar-refractivity contribution >= 4 is 11.8 Å². The van der Waals surface area contributed by atoms with Crippen LogP contribution >= 0.6 is 0 Å². The minimum absolute atomic E-state index is 0.788. The third-order valence-corrected chi connectivity index (χ3v) is 13.2. The average Bonchev–Trinajstić information content (AvgIpc) is 3.33. The van der Waals surface area contributed by atoms with Crippen LogP contribution in [-0.2, 0) is 61.7 Å². The Labute approximate surface area is 403 Å². The first-order valence-corrected chi connectivity index (χ1v) is 22.8. The first-order valence-electron chi connectivity index (χ1n) is 22.8. The van der Waals surface area contributed by atoms with E-state index in [1.54, 1.807) is 0 Å². The average molecular weight is 1040 g/mol. The molecule has 0 radical (unpaired) electrons. The number of aliphatic hydroxyl groups excluding tert-OH is 16. The zero-order valence-electron chi connectivity index (χ0n) is 38.6. The third kappa shape index (κ3) is 12.4. The molecule has 0 aromatic carbocycles. The topological polar surface area (TPSA) is 483 Å². The van der Waals surface area contributed by atoms with Gasteiger partial charge in [0.25, 0.3) is 0 Å². The molecule has 18 N–H and O–H groups in total. The third-order valence-electron chi connectivity index (χ3n) is 13.2. The van der Waals surface area contributed by atoms with Gasteiger partial charge in [-0.3, -0.25) is 9.59 Å². The van der Waals surface area contributed by atoms with Crippen LogP contribution in [0.25, 0.3) is 0 Å². The van der Waals surface area contributed by atoms with Crippen molar-refractivity contribution in [3.63, 3.8) is 0 Å². The molecular weight excluding hydrogens is 972 g/mol. The van der Waals surface area contributed by atoms with Crippen molar-refractivity contribution in [2.75, 3.05) is 26.4 Å². The summed E-state index contributed by atoms with van der Waals surface area (Å²) in [6.45, 7) is 0.612. The van der Waals surface area contributed by atoms with Crippen molar-refractivity contribution in [3.05, 3.63) is 0 Å². The number of aliphatic hydroxyl groups is 16. The quantitative estimate of drug-likeness (QED) is 0.0682. The summed E-state index contributed by atoms with van der Waals surface area (Å²) in [5.41, 5.74) is 0. The number of rotatable bonds is 16. The predicted molar refractivity (Wildman–Crippen MR) is 220 cm³/mol. The molecule has 412 valence electrons. The van der Waals surface area contributed by atoms with E-state index in [1.165, 1.54) is 13.8 Å². The van der Waals surface area contributed by atoms with Crippen LogP contribution in [0.3, 0.4) is 0 Å². The highest BCUT2D eigenvalue weighted by atomic mass is 16.8. The molecule has 0 aromatic rings. The van der Waals surface area contributed by atoms with Gasteiger partial charge in [-0.2, -0.15) is 0 Å². The fourth-order valence-electron chi connectivity index (χ4n) is 9.15. The normalized spacial score (nSPS) is 50.8. The summed E-state index contributed by atoms with van der Waals surface area (Å²) in [5.74, 6) is -1.59. The minimum Gasteiger partial charge on any atom is -0.394 e. The number of ether oxygens (including phenoxy) is 11. The standard InChI is InChI=1S/C40H68N2O29/c1-9-19(49)26(56)28(58)37(61-9)70-33-31(68-36-17(41-11(3)47)25(55)21(51)13(5-43)64-36)23(53)15(7-45)66-40(33)69-32-24(54)16(8-46)65-39(34(32)71-38-29(59)27(57)20(50)10(2)62-38)67-30-18(42-12(4)48)35(60)63-14(6-44)22(30)52/h9-10,13-40,43-46,49-60H,5-8H2,1-4H3,(H,41,47)(H,42,48)/t9-,10-,13+,14+,15+,16+,17+,18+,19+,20+,21-,22-,23-,24-,25+,26+,27+,28-,29-,30+,31-,32-,33+,34+,35?,36+,37-,38-,39-,40-/m0/s1. The van der Waals surface area contributed by atoms with E-state index >= 15 is 0 Å². The molecule has 2 amide bonds. The molecule has 6 fully saturated rings. The van der Waals surface area contributed by atoms with Crippen LogP contribution in [0.2, 0.25) is 0 Å². The summed E-state index contributed by atoms with van der Waals surface area (Å²) in [7, 11) is 0. The van der Waals surface area contributed by atoms with Gasteiger partial charge in [0.1, 0.15) is 134 Å². The molecule has 30 atom stereocenters. The van der Waals surface area contributed by atoms with Gasteiger partial charge < -0.3 is 144 Å². The lowest BCUT2D eigenvalue weighted by Crippen LogP contribution is -2.71. The van der Waals surface area contributed by atoms with Gasteiger partial charge in [0.2, 0.25) is 11.8 Å². The minimum atomic E-state index is -2.23. The first-order chi connectivity index (χ1) is 33.5. The van der Waals surface area contributed by atoms with Gasteiger partial charge in [0.15, 0.2) is 37.7 Å². The van der Waals surface area contributed by atoms with Crippen LogP contribution in [0.1, 0.15) is 27.7 Å². The molecule has 31 heteroatoms. The van der Waals surface area contributed by atoms with Crippen molar-refractivity contribution in [2.24, 2.45) is 0 Å². The van der Waals surface area contributed by atoms with Crippen molar-refractivity contribution < 1.29 is 143 Å². The summed E-state index contributed by atoms with van der Waals surface area (Å²) in [5, 5.41) is 179. The highest BCUT2D eigenvalue weighted by Gasteiger charge is 2.59. The molecule has 71 heavy (non-hydrogen) atoms. The highest BCUT2D eigenvalue weighted by molar-refractivity contribution is 5.73. The fourth-order valence-corrected chi connectivity index (χ4v) is 9.15. The van der Waals surface area contributed by atoms with Crippen molar-refractivity contribution in [2.45, 2.75) is 212 Å². The van der Waals surface area contributed by atoms with Gasteiger partial charge in [-0.15, -0.1) is 0 Å². The molecule has 6 rings (SSSR count). The molecule has 0 bridgehead atoms. The van der Waals surface area contributed by atoms with Gasteiger partial charge in [-0.05, 0) is 13.8 Å². The van der Waals surface area contributed by atoms with Crippen LogP contribution in [0.15, 0.2) is 0 Å². The lowest BCUT2D eigenvalue weighted by molar-refractivity contribution is -0.416. The van der Waals surface area contributed by atoms with E-state index < -0.39 is 222 Å². The molecule has 6 aliphatic rings. The molecule has 1 unspecified atom stereocenters. The van der Waals surface area contributed by atoms with Gasteiger partial charge in [0.05, 0.1) is 38.6 Å². The molecule has 31 nitrogen and oxygen atoms in total. The van der Waals surface area contributed by atoms with E-state index in [2.05, 4.69) is 10.6 Å². The molecule has 6 saturated heterocycles. The molecule has 0 saturated carbocycles. The first kappa shape index (κ1) is 58.1. The Morgan fingerprint density at radius 3 is 1.13 bits per heavy atom. The van der Waals surface area contributed by atoms with Gasteiger partial charge >= 0.3 is 0 Å². The lowest BCUT2D eigenvalue weighted by Gasteiger charge is -2.52. The van der Waals surface area contributed by atoms with Crippen LogP contribution in [0.4, 0.5) is 0 Å². The van der Waals surface area contributed by atoms with E-state index in [-0.39, 0.29) is 0 Å². The van der Waals surface area contributed by atoms with E-state index in [9.17, 15) is 91.3 Å². The molecule has 0 spiro atoms. The Hall–Kier alpha value is -2.14. The largest absolute Gasteiger partial charge is 0.394 e. The lowest BCUT2D eigenvalue weighted by atomic mass is 9.94. The van der Waals surface area contributed by atoms with Crippen LogP contribution in [-0.4, -0.2) is 304 Å². The second-order valence-corrected chi connectivity index (χ2v) is 18.2. The number of nitrogens with one attached hydrogen (secondary N) is 2. The SMILES string of the molecule is CC(=O)N[C@H]1[C@@H](O[C@H]2[C@@H](O)[C@@H](CO)O[C@@H](O[C@H]3[C@@H](O)[C@@H](CO)O[C@@H](O[C@H]4[C@@H](O)[C@@H](CO)OC(O)[C@@H]4NC(C)=O)[C@@H]3O[C@@H]3O[C@@H](C)[C@@H](O)[C@@H](O)[C@@H]3O)[C@@H]2O[C@@H]2O[C@@H](C)[C@@H](O)[C@@H](O)[C@@H]2O)O[C@H](CO)[C@H](O)[C@@H]1O. The number of hydrogen-bond acceptors (Lipinski definition) is 29. The van der Waals surface area contributed by atoms with Gasteiger partial charge in [-0.1, -0.05) is 0 Å². The second kappa shape index (κ2) is 24.7. The van der Waals surface area contributed by atoms with Gasteiger partial charge in [0, 0.05) is 13.8 Å². The number of carbonyl (C=O) groups is 2. The van der Waals surface area contributed by atoms with E-state index in [1.807, 2.05) is 0 Å². The predicted octanol–water partition coefficient (Wildman–Crippen LogP) is -11.8. The van der Waals surface area contributed by atoms with E-state index in [4.69, 9.17) is 52.1 Å². The van der Waals surface area contributed by atoms with Crippen LogP contribution in [0, 0.1) is 0 Å². The molecule has 0 aromatic heterocycles. The van der Waals surface area contributed by atoms with Gasteiger partial charge in [-0.25, -0.2) is 0 Å². The Bertz CT molecular complexity index is 1710. The molecule has 6 aliphatic heterocycles. The maximum atomic E-state index is 12.4. The monoisotopic (exact) mass is 1040 g/mol. The number of carbonyl (C=O) groups excluding carboxylic acids is 2. The molecular formula is C40H68N2O29. The summed E-state index contributed by atoms with van der Waals surface area (Å²) in [4.78, 5) is 24.7. The summed E-state index contributed by atoms with van der Waals surface area (Å²) in [6, 6.07) is -3.36. The van der Waals surface area contributed by atoms with E-state index in [0.29, 0.717) is 0 Å². The van der Waals surface area contributed by atoms with Crippen molar-refractivity contribution in [1.82, 2.24) is 10.6 Å².